The second kappa shape index (κ2) is 17.9. The number of nitrogen functional groups attached to an aromatic ring is 1. The van der Waals surface area contributed by atoms with E-state index in [9.17, 15) is 57.0 Å². The maximum absolute atomic E-state index is 13.5. The van der Waals surface area contributed by atoms with Crippen LogP contribution >= 0.6 is 0 Å². The molecule has 0 saturated carbocycles. The van der Waals surface area contributed by atoms with Gasteiger partial charge in [-0.25, -0.2) is 25.3 Å². The molecular formula is C22H13N5Na4O13S4. The largest absolute Gasteiger partial charge is 1.00 e. The minimum absolute atomic E-state index is 0. The third-order valence-electron chi connectivity index (χ3n) is 5.61. The molecule has 0 radical (unpaired) electrons. The maximum Gasteiger partial charge on any atom is 1.00 e. The summed E-state index contributed by atoms with van der Waals surface area (Å²) in [6, 6.07) is 9.15. The molecule has 18 nitrogen and oxygen atoms in total. The molecule has 0 spiro atoms. The first-order valence-electron chi connectivity index (χ1n) is 11.2. The van der Waals surface area contributed by atoms with Crippen molar-refractivity contribution in [3.05, 3.63) is 60.7 Å². The Morgan fingerprint density at radius 2 is 1.15 bits per heavy atom. The number of azo groups is 2. The summed E-state index contributed by atoms with van der Waals surface area (Å²) < 4.78 is 139. The van der Waals surface area contributed by atoms with Crippen molar-refractivity contribution >= 4 is 79.7 Å². The van der Waals surface area contributed by atoms with Gasteiger partial charge in [-0.15, -0.1) is 15.3 Å². The average molecular weight is 776 g/mol. The third-order valence-corrected chi connectivity index (χ3v) is 9.04. The van der Waals surface area contributed by atoms with Crippen molar-refractivity contribution in [2.24, 2.45) is 20.5 Å². The fourth-order valence-electron chi connectivity index (χ4n) is 3.74. The van der Waals surface area contributed by atoms with E-state index in [0.29, 0.717) is 12.1 Å². The molecule has 0 amide bonds. The molecule has 0 aliphatic carbocycles. The van der Waals surface area contributed by atoms with Gasteiger partial charge in [-0.2, -0.15) is 13.5 Å². The molecule has 4 aromatic rings. The van der Waals surface area contributed by atoms with Crippen LogP contribution in [-0.2, 0) is 40.5 Å². The van der Waals surface area contributed by atoms with E-state index >= 15 is 0 Å². The summed E-state index contributed by atoms with van der Waals surface area (Å²) in [5.41, 5.74) is 2.01. The number of nitrogens with two attached hydrogens (primary N) is 1. The van der Waals surface area contributed by atoms with Crippen molar-refractivity contribution in [3.8, 4) is 5.75 Å². The van der Waals surface area contributed by atoms with E-state index in [2.05, 4.69) is 20.5 Å². The van der Waals surface area contributed by atoms with Gasteiger partial charge in [0.15, 0.2) is 0 Å². The zero-order chi connectivity index (χ0) is 32.8. The molecule has 232 valence electrons. The van der Waals surface area contributed by atoms with Gasteiger partial charge in [0, 0.05) is 5.39 Å². The maximum atomic E-state index is 13.5. The van der Waals surface area contributed by atoms with E-state index in [1.165, 1.54) is 12.1 Å². The Bertz CT molecular complexity index is 2380. The van der Waals surface area contributed by atoms with E-state index in [1.807, 2.05) is 0 Å². The molecule has 0 bridgehead atoms. The number of hydrogen-bond acceptors (Lipinski definition) is 17. The van der Waals surface area contributed by atoms with Gasteiger partial charge in [0.2, 0.25) is 0 Å². The van der Waals surface area contributed by atoms with Crippen molar-refractivity contribution in [2.75, 3.05) is 5.73 Å². The van der Waals surface area contributed by atoms with Crippen molar-refractivity contribution in [2.45, 2.75) is 19.6 Å². The summed E-state index contributed by atoms with van der Waals surface area (Å²) in [5, 5.41) is 26.2. The fraction of sp³-hybridized carbons (Fsp3) is 0. The smallest absolute Gasteiger partial charge is 0.870 e. The van der Waals surface area contributed by atoms with Crippen LogP contribution in [0.2, 0.25) is 0 Å². The Morgan fingerprint density at radius 3 is 1.69 bits per heavy atom. The standard InChI is InChI=1S/C22H17N5O13S4.4Na/c23-19-18-11(8-16(43(35,36)37)20(19)26-25-14-6-1-2-7-15(14)42(32,33)34)9-17(44(38,39)40)21(22(18)28)27-24-12-4-3-5-13(10-12)41(29,30)31;;;;/h1-10,28H,23H2,(H,29,30,31)(H,32,33,34)(H,35,36,37)(H,38,39,40);;;;/q;4*+1/p-4. The van der Waals surface area contributed by atoms with E-state index < -0.39 is 99.3 Å². The summed E-state index contributed by atoms with van der Waals surface area (Å²) in [7, 11) is -20.9. The van der Waals surface area contributed by atoms with Crippen LogP contribution in [0.1, 0.15) is 0 Å². The molecule has 0 unspecified atom stereocenters. The monoisotopic (exact) mass is 775 g/mol. The Morgan fingerprint density at radius 1 is 0.604 bits per heavy atom. The van der Waals surface area contributed by atoms with Crippen molar-refractivity contribution in [1.82, 2.24) is 0 Å². The topological polar surface area (TPSA) is 324 Å². The molecule has 4 aromatic carbocycles. The summed E-state index contributed by atoms with van der Waals surface area (Å²) in [5.74, 6) is -1.42. The zero-order valence-corrected chi connectivity index (χ0v) is 36.4. The van der Waals surface area contributed by atoms with Gasteiger partial charge in [0.1, 0.15) is 46.6 Å². The third kappa shape index (κ3) is 11.0. The fourth-order valence-corrected chi connectivity index (χ4v) is 6.18. The van der Waals surface area contributed by atoms with Gasteiger partial charge in [-0.05, 0) is 47.9 Å². The van der Waals surface area contributed by atoms with Crippen LogP contribution in [0.4, 0.5) is 28.4 Å². The minimum Gasteiger partial charge on any atom is -0.870 e. The van der Waals surface area contributed by atoms with Gasteiger partial charge in [0.25, 0.3) is 10.1 Å². The molecule has 0 saturated heterocycles. The minimum atomic E-state index is -5.52. The predicted molar refractivity (Wildman–Crippen MR) is 143 cm³/mol. The van der Waals surface area contributed by atoms with Crippen LogP contribution < -0.4 is 129 Å². The Hall–Kier alpha value is -0.420. The summed E-state index contributed by atoms with van der Waals surface area (Å²) in [6.45, 7) is 0. The predicted octanol–water partition coefficient (Wildman–Crippen LogP) is -9.70. The van der Waals surface area contributed by atoms with Crippen LogP contribution in [-0.4, -0.2) is 51.9 Å². The molecule has 0 aromatic heterocycles. The quantitative estimate of drug-likeness (QED) is 0.0727. The Balaban J connectivity index is 0.00000552. The molecule has 0 aliphatic rings. The number of benzene rings is 4. The SMILES string of the molecule is Nc1c(N=Nc2ccccc2S(=O)(=O)[O-])c(S(=O)(=O)[O-])cc2cc(S(=O)(=O)O)c(N=Nc3cccc(S(=O)(=O)[O-])c3)c([O-])c12.[Na+].[Na+].[Na+].[Na+]. The number of hydrogen-bond donors (Lipinski definition) is 2. The number of fused-ring (bicyclic) bond motifs is 1. The number of nitrogens with zero attached hydrogens (tertiary/aromatic N) is 4. The van der Waals surface area contributed by atoms with E-state index in [4.69, 9.17) is 5.73 Å². The van der Waals surface area contributed by atoms with Crippen LogP contribution in [0.5, 0.6) is 5.75 Å². The van der Waals surface area contributed by atoms with Crippen LogP contribution in [0, 0.1) is 0 Å². The Kier molecular flexibility index (Phi) is 17.7. The Labute approximate surface area is 361 Å². The second-order valence-electron chi connectivity index (χ2n) is 8.49. The van der Waals surface area contributed by atoms with Gasteiger partial charge < -0.3 is 24.5 Å². The first-order valence-corrected chi connectivity index (χ1v) is 16.8. The van der Waals surface area contributed by atoms with Gasteiger partial charge in [-0.3, -0.25) is 4.55 Å². The van der Waals surface area contributed by atoms with Gasteiger partial charge in [-0.1, -0.05) is 23.9 Å². The average Bonchev–Trinajstić information content (AvgIpc) is 2.89. The van der Waals surface area contributed by atoms with E-state index in [1.54, 1.807) is 0 Å². The van der Waals surface area contributed by atoms with E-state index in [-0.39, 0.29) is 124 Å². The molecule has 48 heavy (non-hydrogen) atoms. The molecule has 4 rings (SSSR count). The van der Waals surface area contributed by atoms with Gasteiger partial charge in [0.05, 0.1) is 31.7 Å². The molecule has 0 heterocycles. The first-order chi connectivity index (χ1) is 20.2. The van der Waals surface area contributed by atoms with Crippen LogP contribution in [0.15, 0.2) is 101 Å². The van der Waals surface area contributed by atoms with Crippen molar-refractivity contribution < 1.29 is 175 Å². The summed E-state index contributed by atoms with van der Waals surface area (Å²) >= 11 is 0. The van der Waals surface area contributed by atoms with Crippen LogP contribution in [0.3, 0.4) is 0 Å². The molecule has 26 heteroatoms. The van der Waals surface area contributed by atoms with Gasteiger partial charge >= 0.3 is 118 Å². The molecule has 3 N–H and O–H groups in total. The molecular weight excluding hydrogens is 762 g/mol. The summed E-state index contributed by atoms with van der Waals surface area (Å²) in [4.78, 5) is -4.11. The zero-order valence-electron chi connectivity index (χ0n) is 25.1. The van der Waals surface area contributed by atoms with E-state index in [0.717, 1.165) is 36.4 Å². The summed E-state index contributed by atoms with van der Waals surface area (Å²) in [6.07, 6.45) is 0. The van der Waals surface area contributed by atoms with Crippen molar-refractivity contribution in [1.29, 1.82) is 0 Å². The molecule has 0 aliphatic heterocycles. The normalized spacial score (nSPS) is 12.2. The number of rotatable bonds is 8. The van der Waals surface area contributed by atoms with Crippen LogP contribution in [0.25, 0.3) is 10.8 Å². The second-order valence-corrected chi connectivity index (χ2v) is 14.0. The number of anilines is 1. The van der Waals surface area contributed by atoms with Crippen molar-refractivity contribution in [3.63, 3.8) is 0 Å². The molecule has 0 fully saturated rings. The molecule has 0 atom stereocenters. The first kappa shape index (κ1) is 47.6.